The van der Waals surface area contributed by atoms with E-state index in [1.54, 1.807) is 0 Å². The Morgan fingerprint density at radius 3 is 1.80 bits per heavy atom. The van der Waals surface area contributed by atoms with Crippen LogP contribution < -0.4 is 0 Å². The minimum absolute atomic E-state index is 0.101. The molecule has 0 saturated carbocycles. The van der Waals surface area contributed by atoms with Crippen LogP contribution in [0.2, 0.25) is 19.1 Å². The topological polar surface area (TPSA) is 20.2 Å². The Bertz CT molecular complexity index is 90.4. The molecule has 0 atom stereocenters. The molecular formula is C5H11F3OSi. The summed E-state index contributed by atoms with van der Waals surface area (Å²) in [4.78, 5) is 9.02. The van der Waals surface area contributed by atoms with E-state index in [0.717, 1.165) is 0 Å². The molecule has 0 heterocycles. The molecule has 62 valence electrons. The summed E-state index contributed by atoms with van der Waals surface area (Å²) in [6.45, 7) is 3.00. The smallest absolute Gasteiger partial charge is 0.388 e. The number of hydrogen-bond donors (Lipinski definition) is 1. The zero-order valence-electron chi connectivity index (χ0n) is 6.00. The van der Waals surface area contributed by atoms with E-state index in [9.17, 15) is 13.2 Å². The van der Waals surface area contributed by atoms with Crippen molar-refractivity contribution in [1.82, 2.24) is 0 Å². The highest BCUT2D eigenvalue weighted by atomic mass is 28.4. The molecule has 0 bridgehead atoms. The molecule has 0 rings (SSSR count). The fourth-order valence-electron chi connectivity index (χ4n) is 0.448. The van der Waals surface area contributed by atoms with Crippen LogP contribution in [0.3, 0.4) is 0 Å². The van der Waals surface area contributed by atoms with Crippen LogP contribution in [0.15, 0.2) is 0 Å². The molecule has 0 fully saturated rings. The van der Waals surface area contributed by atoms with E-state index >= 15 is 0 Å². The minimum atomic E-state index is -4.12. The number of alkyl halides is 3. The first-order valence-corrected chi connectivity index (χ1v) is 6.15. The summed E-state index contributed by atoms with van der Waals surface area (Å²) < 4.78 is 34.5. The van der Waals surface area contributed by atoms with Gasteiger partial charge in [-0.15, -0.1) is 0 Å². The van der Waals surface area contributed by atoms with Crippen molar-refractivity contribution >= 4 is 8.32 Å². The van der Waals surface area contributed by atoms with Gasteiger partial charge in [-0.1, -0.05) is 0 Å². The number of hydrogen-bond acceptors (Lipinski definition) is 1. The highest BCUT2D eigenvalue weighted by molar-refractivity contribution is 6.69. The third-order valence-corrected chi connectivity index (χ3v) is 2.49. The van der Waals surface area contributed by atoms with Crippen molar-refractivity contribution in [1.29, 1.82) is 0 Å². The summed E-state index contributed by atoms with van der Waals surface area (Å²) in [5.74, 6) is 0. The Morgan fingerprint density at radius 2 is 1.70 bits per heavy atom. The van der Waals surface area contributed by atoms with Crippen molar-refractivity contribution in [3.63, 3.8) is 0 Å². The zero-order chi connectivity index (χ0) is 8.41. The second kappa shape index (κ2) is 2.92. The summed E-state index contributed by atoms with van der Waals surface area (Å²) in [7, 11) is -2.49. The van der Waals surface area contributed by atoms with Gasteiger partial charge in [0.1, 0.15) is 0 Å². The summed E-state index contributed by atoms with van der Waals surface area (Å²) >= 11 is 0. The van der Waals surface area contributed by atoms with E-state index in [2.05, 4.69) is 0 Å². The van der Waals surface area contributed by atoms with Gasteiger partial charge >= 0.3 is 6.18 Å². The molecular weight excluding hydrogens is 161 g/mol. The van der Waals surface area contributed by atoms with Crippen molar-refractivity contribution < 1.29 is 18.0 Å². The number of rotatable bonds is 2. The predicted molar refractivity (Wildman–Crippen MR) is 35.2 cm³/mol. The molecule has 0 aromatic heterocycles. The van der Waals surface area contributed by atoms with Gasteiger partial charge in [-0.3, -0.25) is 0 Å². The fourth-order valence-corrected chi connectivity index (χ4v) is 1.34. The van der Waals surface area contributed by atoms with Gasteiger partial charge in [0.05, 0.1) is 0 Å². The first-order chi connectivity index (χ1) is 4.21. The van der Waals surface area contributed by atoms with Crippen LogP contribution in [-0.2, 0) is 0 Å². The fraction of sp³-hybridized carbons (Fsp3) is 1.00. The number of halogens is 3. The van der Waals surface area contributed by atoms with E-state index in [4.69, 9.17) is 4.80 Å². The van der Waals surface area contributed by atoms with Crippen molar-refractivity contribution in [3.8, 4) is 0 Å². The van der Waals surface area contributed by atoms with Gasteiger partial charge < -0.3 is 4.80 Å². The molecule has 0 radical (unpaired) electrons. The third-order valence-electron chi connectivity index (χ3n) is 1.02. The van der Waals surface area contributed by atoms with Crippen LogP contribution in [0.5, 0.6) is 0 Å². The Hall–Kier alpha value is -0.0331. The van der Waals surface area contributed by atoms with E-state index in [1.165, 1.54) is 13.1 Å². The summed E-state index contributed by atoms with van der Waals surface area (Å²) in [5.41, 5.74) is 0. The van der Waals surface area contributed by atoms with Gasteiger partial charge in [0.25, 0.3) is 0 Å². The van der Waals surface area contributed by atoms with Crippen LogP contribution in [0, 0.1) is 0 Å². The van der Waals surface area contributed by atoms with Gasteiger partial charge in [-0.05, 0) is 19.1 Å². The quantitative estimate of drug-likeness (QED) is 0.633. The maximum absolute atomic E-state index is 11.5. The standard InChI is InChI=1S/C5H11F3OSi/c1-10(2,9)4-3-5(6,7)8/h9H,3-4H2,1-2H3. The molecule has 0 unspecified atom stereocenters. The lowest BCUT2D eigenvalue weighted by molar-refractivity contribution is -0.131. The average Bonchev–Trinajstić information content (AvgIpc) is 1.57. The molecule has 1 nitrogen and oxygen atoms in total. The van der Waals surface area contributed by atoms with Crippen molar-refractivity contribution in [3.05, 3.63) is 0 Å². The van der Waals surface area contributed by atoms with E-state index in [1.807, 2.05) is 0 Å². The maximum atomic E-state index is 11.5. The van der Waals surface area contributed by atoms with E-state index < -0.39 is 20.9 Å². The van der Waals surface area contributed by atoms with Gasteiger partial charge in [0.15, 0.2) is 8.32 Å². The molecule has 0 spiro atoms. The predicted octanol–water partition coefficient (Wildman–Crippen LogP) is 2.14. The minimum Gasteiger partial charge on any atom is -0.432 e. The van der Waals surface area contributed by atoms with Crippen LogP contribution in [0.25, 0.3) is 0 Å². The molecule has 0 saturated heterocycles. The highest BCUT2D eigenvalue weighted by Gasteiger charge is 2.31. The molecule has 0 aromatic carbocycles. The highest BCUT2D eigenvalue weighted by Crippen LogP contribution is 2.24. The SMILES string of the molecule is C[Si](C)(O)CCC(F)(F)F. The van der Waals surface area contributed by atoms with Gasteiger partial charge in [-0.2, -0.15) is 13.2 Å². The largest absolute Gasteiger partial charge is 0.432 e. The monoisotopic (exact) mass is 172 g/mol. The molecule has 0 aromatic rings. The molecule has 0 aliphatic rings. The lowest BCUT2D eigenvalue weighted by Crippen LogP contribution is -2.27. The Balaban J connectivity index is 3.56. The van der Waals surface area contributed by atoms with Crippen molar-refractivity contribution in [2.24, 2.45) is 0 Å². The average molecular weight is 172 g/mol. The summed E-state index contributed by atoms with van der Waals surface area (Å²) in [6.07, 6.45) is -4.98. The molecule has 5 heteroatoms. The third kappa shape index (κ3) is 7.97. The van der Waals surface area contributed by atoms with Gasteiger partial charge in [0.2, 0.25) is 0 Å². The first kappa shape index (κ1) is 9.97. The Kier molecular flexibility index (Phi) is 2.91. The maximum Gasteiger partial charge on any atom is 0.388 e. The van der Waals surface area contributed by atoms with E-state index in [0.29, 0.717) is 0 Å². The Labute approximate surface area is 59.0 Å². The van der Waals surface area contributed by atoms with Gasteiger partial charge in [-0.25, -0.2) is 0 Å². The second-order valence-electron chi connectivity index (χ2n) is 2.93. The molecule has 10 heavy (non-hydrogen) atoms. The van der Waals surface area contributed by atoms with Gasteiger partial charge in [0, 0.05) is 6.42 Å². The van der Waals surface area contributed by atoms with Crippen LogP contribution in [0.4, 0.5) is 13.2 Å². The second-order valence-corrected chi connectivity index (χ2v) is 7.05. The molecule has 0 aliphatic heterocycles. The van der Waals surface area contributed by atoms with Crippen molar-refractivity contribution in [2.45, 2.75) is 31.7 Å². The Morgan fingerprint density at radius 1 is 1.30 bits per heavy atom. The van der Waals surface area contributed by atoms with Crippen molar-refractivity contribution in [2.75, 3.05) is 0 Å². The summed E-state index contributed by atoms with van der Waals surface area (Å²) in [6, 6.07) is -0.101. The zero-order valence-corrected chi connectivity index (χ0v) is 7.00. The van der Waals surface area contributed by atoms with Crippen LogP contribution >= 0.6 is 0 Å². The first-order valence-electron chi connectivity index (χ1n) is 3.00. The van der Waals surface area contributed by atoms with Crippen LogP contribution in [-0.4, -0.2) is 19.3 Å². The van der Waals surface area contributed by atoms with Crippen LogP contribution in [0.1, 0.15) is 6.42 Å². The van der Waals surface area contributed by atoms with E-state index in [-0.39, 0.29) is 6.04 Å². The summed E-state index contributed by atoms with van der Waals surface area (Å²) in [5, 5.41) is 0. The molecule has 1 N–H and O–H groups in total. The normalized spacial score (nSPS) is 13.8. The molecule has 0 amide bonds. The lowest BCUT2D eigenvalue weighted by Gasteiger charge is -2.14. The lowest BCUT2D eigenvalue weighted by atomic mass is 10.5. The molecule has 0 aliphatic carbocycles.